The first-order chi connectivity index (χ1) is 17.2. The fourth-order valence-electron chi connectivity index (χ4n) is 3.59. The van der Waals surface area contributed by atoms with Gasteiger partial charge in [-0.15, -0.1) is 0 Å². The number of anilines is 1. The lowest BCUT2D eigenvalue weighted by Crippen LogP contribution is -2.15. The van der Waals surface area contributed by atoms with Crippen molar-refractivity contribution in [1.29, 1.82) is 0 Å². The molecule has 0 unspecified atom stereocenters. The fraction of sp³-hybridized carbons (Fsp3) is 0.0833. The van der Waals surface area contributed by atoms with E-state index < -0.39 is 17.8 Å². The van der Waals surface area contributed by atoms with Gasteiger partial charge in [-0.1, -0.05) is 47.5 Å². The molecule has 0 aliphatic heterocycles. The number of hydrogen-bond acceptors (Lipinski definition) is 4. The van der Waals surface area contributed by atoms with Crippen molar-refractivity contribution in [3.8, 4) is 11.3 Å². The van der Waals surface area contributed by atoms with E-state index in [4.69, 9.17) is 23.2 Å². The standard InChI is InChI=1S/C24H15Cl2F3N6O/c25-16-6-4-15(5-7-16)19-9-21(24(27,28)29)35-22(32-19)10-20(33-35)23(36)31-18-11-30-34(13-18)12-14-2-1-3-17(26)8-14/h1-11,13H,12H2,(H,31,36). The van der Waals surface area contributed by atoms with E-state index >= 15 is 0 Å². The smallest absolute Gasteiger partial charge is 0.318 e. The third kappa shape index (κ3) is 5.05. The van der Waals surface area contributed by atoms with E-state index in [2.05, 4.69) is 20.5 Å². The predicted octanol–water partition coefficient (Wildman–Crippen LogP) is 6.22. The average Bonchev–Trinajstić information content (AvgIpc) is 3.45. The highest BCUT2D eigenvalue weighted by Gasteiger charge is 2.35. The minimum Gasteiger partial charge on any atom is -0.318 e. The molecule has 3 heterocycles. The topological polar surface area (TPSA) is 77.1 Å². The van der Waals surface area contributed by atoms with E-state index in [0.717, 1.165) is 11.6 Å². The van der Waals surface area contributed by atoms with Crippen LogP contribution in [0.4, 0.5) is 18.9 Å². The van der Waals surface area contributed by atoms with Crippen LogP contribution in [0.1, 0.15) is 21.7 Å². The van der Waals surface area contributed by atoms with Crippen LogP contribution in [0.15, 0.2) is 73.1 Å². The lowest BCUT2D eigenvalue weighted by molar-refractivity contribution is -0.142. The van der Waals surface area contributed by atoms with Gasteiger partial charge in [0.1, 0.15) is 0 Å². The van der Waals surface area contributed by atoms with E-state index in [1.165, 1.54) is 12.3 Å². The fourth-order valence-corrected chi connectivity index (χ4v) is 3.93. The molecule has 0 aliphatic rings. The number of amides is 1. The van der Waals surface area contributed by atoms with Crippen molar-refractivity contribution in [2.45, 2.75) is 12.7 Å². The zero-order valence-corrected chi connectivity index (χ0v) is 19.7. The summed E-state index contributed by atoms with van der Waals surface area (Å²) >= 11 is 11.9. The number of nitrogens with one attached hydrogen (secondary N) is 1. The van der Waals surface area contributed by atoms with E-state index in [0.29, 0.717) is 32.4 Å². The van der Waals surface area contributed by atoms with Gasteiger partial charge in [-0.05, 0) is 35.9 Å². The Morgan fingerprint density at radius 3 is 2.50 bits per heavy atom. The average molecular weight is 531 g/mol. The van der Waals surface area contributed by atoms with Gasteiger partial charge in [0.25, 0.3) is 5.91 Å². The summed E-state index contributed by atoms with van der Waals surface area (Å²) in [6, 6.07) is 15.5. The Balaban J connectivity index is 1.42. The number of alkyl halides is 3. The van der Waals surface area contributed by atoms with E-state index in [9.17, 15) is 18.0 Å². The quantitative estimate of drug-likeness (QED) is 0.292. The van der Waals surface area contributed by atoms with Gasteiger partial charge >= 0.3 is 6.18 Å². The molecule has 7 nitrogen and oxygen atoms in total. The van der Waals surface area contributed by atoms with Gasteiger partial charge < -0.3 is 5.32 Å². The van der Waals surface area contributed by atoms with Gasteiger partial charge in [-0.3, -0.25) is 9.48 Å². The second-order valence-electron chi connectivity index (χ2n) is 7.84. The molecule has 0 radical (unpaired) electrons. The van der Waals surface area contributed by atoms with E-state index in [1.54, 1.807) is 47.3 Å². The Morgan fingerprint density at radius 1 is 1.00 bits per heavy atom. The first-order valence-electron chi connectivity index (χ1n) is 10.5. The molecule has 0 bridgehead atoms. The Labute approximate surface area is 212 Å². The zero-order chi connectivity index (χ0) is 25.4. The van der Waals surface area contributed by atoms with Crippen molar-refractivity contribution >= 4 is 40.4 Å². The number of aromatic nitrogens is 5. The molecule has 5 rings (SSSR count). The van der Waals surface area contributed by atoms with Crippen LogP contribution in [0, 0.1) is 0 Å². The van der Waals surface area contributed by atoms with Crippen LogP contribution in [0.2, 0.25) is 10.0 Å². The van der Waals surface area contributed by atoms with Crippen molar-refractivity contribution in [3.05, 3.63) is 100 Å². The van der Waals surface area contributed by atoms with Crippen LogP contribution in [-0.2, 0) is 12.7 Å². The Kier molecular flexibility index (Phi) is 6.15. The molecular formula is C24H15Cl2F3N6O. The van der Waals surface area contributed by atoms with Gasteiger partial charge in [0.2, 0.25) is 0 Å². The lowest BCUT2D eigenvalue weighted by Gasteiger charge is -2.11. The van der Waals surface area contributed by atoms with Gasteiger partial charge in [-0.2, -0.15) is 23.4 Å². The SMILES string of the molecule is O=C(Nc1cnn(Cc2cccc(Cl)c2)c1)c1cc2nc(-c3ccc(Cl)cc3)cc(C(F)(F)F)n2n1. The maximum absolute atomic E-state index is 13.8. The maximum atomic E-state index is 13.8. The number of hydrogen-bond donors (Lipinski definition) is 1. The summed E-state index contributed by atoms with van der Waals surface area (Å²) in [6.45, 7) is 0.414. The molecule has 0 saturated heterocycles. The van der Waals surface area contributed by atoms with Gasteiger partial charge in [0.05, 0.1) is 24.1 Å². The summed E-state index contributed by atoms with van der Waals surface area (Å²) in [5, 5.41) is 11.7. The van der Waals surface area contributed by atoms with Crippen molar-refractivity contribution in [2.75, 3.05) is 5.32 Å². The summed E-state index contributed by atoms with van der Waals surface area (Å²) in [5.74, 6) is -0.705. The molecule has 1 amide bonds. The summed E-state index contributed by atoms with van der Waals surface area (Å²) in [6.07, 6.45) is -1.72. The number of halogens is 5. The highest BCUT2D eigenvalue weighted by atomic mass is 35.5. The molecule has 0 fully saturated rings. The molecule has 2 aromatic carbocycles. The predicted molar refractivity (Wildman–Crippen MR) is 129 cm³/mol. The number of nitrogens with zero attached hydrogens (tertiary/aromatic N) is 5. The maximum Gasteiger partial charge on any atom is 0.433 e. The molecule has 0 aliphatic carbocycles. The van der Waals surface area contributed by atoms with Crippen molar-refractivity contribution in [1.82, 2.24) is 24.4 Å². The van der Waals surface area contributed by atoms with Gasteiger partial charge in [-0.25, -0.2) is 9.50 Å². The lowest BCUT2D eigenvalue weighted by atomic mass is 10.1. The summed E-state index contributed by atoms with van der Waals surface area (Å²) in [5.41, 5.74) is 0.342. The minimum absolute atomic E-state index is 0.0700. The molecular weight excluding hydrogens is 516 g/mol. The molecule has 5 aromatic rings. The van der Waals surface area contributed by atoms with Crippen LogP contribution in [-0.4, -0.2) is 30.3 Å². The Bertz CT molecular complexity index is 1580. The Morgan fingerprint density at radius 2 is 1.78 bits per heavy atom. The molecule has 1 N–H and O–H groups in total. The summed E-state index contributed by atoms with van der Waals surface area (Å²) in [4.78, 5) is 17.1. The zero-order valence-electron chi connectivity index (χ0n) is 18.2. The minimum atomic E-state index is -4.73. The normalized spacial score (nSPS) is 11.7. The van der Waals surface area contributed by atoms with Crippen LogP contribution in [0.5, 0.6) is 0 Å². The van der Waals surface area contributed by atoms with Crippen LogP contribution >= 0.6 is 23.2 Å². The first kappa shape index (κ1) is 23.8. The first-order valence-corrected chi connectivity index (χ1v) is 11.2. The highest BCUT2D eigenvalue weighted by Crippen LogP contribution is 2.32. The molecule has 0 spiro atoms. The molecule has 0 saturated carbocycles. The number of fused-ring (bicyclic) bond motifs is 1. The Hall–Kier alpha value is -3.89. The number of rotatable bonds is 5. The summed E-state index contributed by atoms with van der Waals surface area (Å²) in [7, 11) is 0. The number of carbonyl (C=O) groups excluding carboxylic acids is 1. The number of carbonyl (C=O) groups is 1. The molecule has 36 heavy (non-hydrogen) atoms. The van der Waals surface area contributed by atoms with E-state index in [1.807, 2.05) is 12.1 Å². The third-order valence-electron chi connectivity index (χ3n) is 5.21. The molecule has 3 aromatic heterocycles. The van der Waals surface area contributed by atoms with Crippen LogP contribution < -0.4 is 5.32 Å². The second-order valence-corrected chi connectivity index (χ2v) is 8.71. The monoisotopic (exact) mass is 530 g/mol. The van der Waals surface area contributed by atoms with Gasteiger partial charge in [0, 0.05) is 27.9 Å². The summed E-state index contributed by atoms with van der Waals surface area (Å²) < 4.78 is 43.6. The number of benzene rings is 2. The molecule has 182 valence electrons. The second kappa shape index (κ2) is 9.29. The van der Waals surface area contributed by atoms with Gasteiger partial charge in [0.15, 0.2) is 17.0 Å². The van der Waals surface area contributed by atoms with Crippen LogP contribution in [0.25, 0.3) is 16.9 Å². The van der Waals surface area contributed by atoms with Crippen molar-refractivity contribution < 1.29 is 18.0 Å². The third-order valence-corrected chi connectivity index (χ3v) is 5.70. The molecule has 12 heteroatoms. The van der Waals surface area contributed by atoms with Crippen molar-refractivity contribution in [2.24, 2.45) is 0 Å². The highest BCUT2D eigenvalue weighted by molar-refractivity contribution is 6.30. The van der Waals surface area contributed by atoms with E-state index in [-0.39, 0.29) is 17.0 Å². The molecule has 0 atom stereocenters. The largest absolute Gasteiger partial charge is 0.433 e. The van der Waals surface area contributed by atoms with Crippen molar-refractivity contribution in [3.63, 3.8) is 0 Å². The van der Waals surface area contributed by atoms with Crippen LogP contribution in [0.3, 0.4) is 0 Å².